The lowest BCUT2D eigenvalue weighted by atomic mass is 9.55. The molecule has 0 saturated carbocycles. The highest BCUT2D eigenvalue weighted by Gasteiger charge is 2.46. The Morgan fingerprint density at radius 1 is 0.308 bits per heavy atom. The summed E-state index contributed by atoms with van der Waals surface area (Å²) in [5.74, 6) is 0. The van der Waals surface area contributed by atoms with Crippen molar-refractivity contribution in [2.75, 3.05) is 0 Å². The van der Waals surface area contributed by atoms with Crippen LogP contribution in [0.1, 0.15) is 183 Å². The summed E-state index contributed by atoms with van der Waals surface area (Å²) in [6.45, 7) is 48.5. The molecule has 39 heavy (non-hydrogen) atoms. The van der Waals surface area contributed by atoms with E-state index in [2.05, 4.69) is 163 Å². The summed E-state index contributed by atoms with van der Waals surface area (Å²) in [7, 11) is 0. The van der Waals surface area contributed by atoms with Crippen molar-refractivity contribution in [1.29, 1.82) is 0 Å². The monoisotopic (exact) mass is 533 g/mol. The Bertz CT molecular complexity index is 1130. The second-order valence-electron chi connectivity index (χ2n) is 19.0. The molecule has 0 atom stereocenters. The molecule has 0 saturated heterocycles. The van der Waals surface area contributed by atoms with E-state index in [4.69, 9.17) is 0 Å². The van der Waals surface area contributed by atoms with E-state index in [1.165, 1.54) is 11.1 Å². The minimum atomic E-state index is -0.178. The fraction of sp³-hybridized carbons (Fsp3) is 0.692. The van der Waals surface area contributed by atoms with E-state index < -0.39 is 0 Å². The van der Waals surface area contributed by atoms with Gasteiger partial charge in [0.2, 0.25) is 0 Å². The topological polar surface area (TPSA) is 0 Å². The van der Waals surface area contributed by atoms with Crippen molar-refractivity contribution in [3.63, 3.8) is 0 Å². The van der Waals surface area contributed by atoms with Crippen LogP contribution >= 0.6 is 0 Å². The quantitative estimate of drug-likeness (QED) is 0.361. The second kappa shape index (κ2) is 9.77. The third-order valence-electron chi connectivity index (χ3n) is 8.33. The molecule has 2 aromatic rings. The lowest BCUT2D eigenvalue weighted by Crippen LogP contribution is -2.40. The van der Waals surface area contributed by atoms with Crippen LogP contribution in [0.2, 0.25) is 0 Å². The van der Waals surface area contributed by atoms with Crippen LogP contribution in [0.5, 0.6) is 0 Å². The van der Waals surface area contributed by atoms with Crippen molar-refractivity contribution >= 4 is 0 Å². The molecular formula is C39H64. The predicted octanol–water partition coefficient (Wildman–Crippen LogP) is 11.8. The Morgan fingerprint density at radius 3 is 0.821 bits per heavy atom. The fourth-order valence-electron chi connectivity index (χ4n) is 6.64. The summed E-state index contributed by atoms with van der Waals surface area (Å²) in [6, 6.07) is 9.45. The van der Waals surface area contributed by atoms with Gasteiger partial charge < -0.3 is 0 Å². The van der Waals surface area contributed by atoms with Crippen LogP contribution in [-0.2, 0) is 37.9 Å². The second-order valence-corrected chi connectivity index (χ2v) is 19.0. The summed E-state index contributed by atoms with van der Waals surface area (Å²) in [6.07, 6.45) is 0. The van der Waals surface area contributed by atoms with Crippen LogP contribution in [0.3, 0.4) is 0 Å². The van der Waals surface area contributed by atoms with Gasteiger partial charge in [0.25, 0.3) is 0 Å². The maximum absolute atomic E-state index is 2.49. The maximum atomic E-state index is 2.49. The lowest BCUT2D eigenvalue weighted by Gasteiger charge is -2.49. The van der Waals surface area contributed by atoms with Crippen molar-refractivity contribution in [3.8, 4) is 0 Å². The molecule has 0 aromatic heterocycles. The highest BCUT2D eigenvalue weighted by atomic mass is 14.5. The van der Waals surface area contributed by atoms with Crippen molar-refractivity contribution < 1.29 is 0 Å². The van der Waals surface area contributed by atoms with Crippen LogP contribution in [0.4, 0.5) is 0 Å². The van der Waals surface area contributed by atoms with E-state index in [0.717, 1.165) is 0 Å². The van der Waals surface area contributed by atoms with E-state index in [-0.39, 0.29) is 37.9 Å². The molecule has 0 spiro atoms. The zero-order valence-corrected chi connectivity index (χ0v) is 29.8. The van der Waals surface area contributed by atoms with Crippen LogP contribution in [0.15, 0.2) is 24.3 Å². The zero-order chi connectivity index (χ0) is 30.9. The zero-order valence-electron chi connectivity index (χ0n) is 29.8. The van der Waals surface area contributed by atoms with E-state index >= 15 is 0 Å². The molecule has 2 aromatic carbocycles. The van der Waals surface area contributed by atoms with Gasteiger partial charge in [-0.2, -0.15) is 0 Å². The van der Waals surface area contributed by atoms with Gasteiger partial charge in [0.15, 0.2) is 0 Å². The molecule has 0 bridgehead atoms. The normalized spacial score (nSPS) is 14.7. The first-order chi connectivity index (χ1) is 16.9. The Hall–Kier alpha value is -1.56. The van der Waals surface area contributed by atoms with Crippen LogP contribution in [0.25, 0.3) is 0 Å². The molecule has 2 rings (SSSR count). The third-order valence-corrected chi connectivity index (χ3v) is 8.33. The van der Waals surface area contributed by atoms with Crippen molar-refractivity contribution in [2.24, 2.45) is 0 Å². The Balaban J connectivity index is 3.52. The first-order valence-corrected chi connectivity index (χ1v) is 15.3. The van der Waals surface area contributed by atoms with E-state index in [9.17, 15) is 0 Å². The van der Waals surface area contributed by atoms with E-state index in [1.54, 1.807) is 33.4 Å². The third kappa shape index (κ3) is 6.68. The van der Waals surface area contributed by atoms with Gasteiger partial charge in [-0.05, 0) is 77.0 Å². The molecule has 0 radical (unpaired) electrons. The van der Waals surface area contributed by atoms with Crippen LogP contribution in [-0.4, -0.2) is 0 Å². The molecule has 0 fully saturated rings. The van der Waals surface area contributed by atoms with Gasteiger partial charge in [0.05, 0.1) is 0 Å². The molecule has 0 heteroatoms. The number of rotatable bonds is 2. The maximum Gasteiger partial charge on any atom is 0.0152 e. The van der Waals surface area contributed by atoms with Crippen LogP contribution < -0.4 is 0 Å². The molecule has 0 heterocycles. The summed E-state index contributed by atoms with van der Waals surface area (Å²) >= 11 is 0. The fourth-order valence-corrected chi connectivity index (χ4v) is 6.64. The summed E-state index contributed by atoms with van der Waals surface area (Å²) in [4.78, 5) is 0. The molecule has 0 unspecified atom stereocenters. The standard InChI is InChI=1S/C39H64/c1-33(2,3)25-22-21-23-26(24-25)39(19,20)32-30(37(13,14)15)28(35(7,8)9)27(34(4,5)6)29(36(10,11)12)31(32)38(16,17)18/h21-24H,1-20H3. The van der Waals surface area contributed by atoms with Crippen molar-refractivity contribution in [3.05, 3.63) is 68.8 Å². The molecule has 0 aliphatic carbocycles. The molecular weight excluding hydrogens is 468 g/mol. The molecule has 0 aliphatic rings. The predicted molar refractivity (Wildman–Crippen MR) is 177 cm³/mol. The SMILES string of the molecule is CC(C)(C)c1cccc(C(C)(C)c2c(C(C)(C)C)c(C(C)(C)C)c(C(C)(C)C)c(C(C)(C)C)c2C(C)(C)C)c1. The summed E-state index contributed by atoms with van der Waals surface area (Å²) in [5.41, 5.74) is 12.1. The average Bonchev–Trinajstić information content (AvgIpc) is 2.67. The van der Waals surface area contributed by atoms with Gasteiger partial charge in [-0.15, -0.1) is 0 Å². The first kappa shape index (κ1) is 33.6. The van der Waals surface area contributed by atoms with Crippen molar-refractivity contribution in [1.82, 2.24) is 0 Å². The lowest BCUT2D eigenvalue weighted by molar-refractivity contribution is 0.440. The average molecular weight is 533 g/mol. The number of hydrogen-bond donors (Lipinski definition) is 0. The molecule has 220 valence electrons. The first-order valence-electron chi connectivity index (χ1n) is 15.3. The number of hydrogen-bond acceptors (Lipinski definition) is 0. The van der Waals surface area contributed by atoms with Gasteiger partial charge in [-0.25, -0.2) is 0 Å². The van der Waals surface area contributed by atoms with Gasteiger partial charge in [0, 0.05) is 5.41 Å². The van der Waals surface area contributed by atoms with Crippen molar-refractivity contribution in [2.45, 2.75) is 176 Å². The highest BCUT2D eigenvalue weighted by Crippen LogP contribution is 2.55. The summed E-state index contributed by atoms with van der Waals surface area (Å²) in [5, 5.41) is 0. The van der Waals surface area contributed by atoms with Gasteiger partial charge >= 0.3 is 0 Å². The summed E-state index contributed by atoms with van der Waals surface area (Å²) < 4.78 is 0. The van der Waals surface area contributed by atoms with E-state index in [1.807, 2.05) is 0 Å². The van der Waals surface area contributed by atoms with Gasteiger partial charge in [-0.1, -0.05) is 163 Å². The van der Waals surface area contributed by atoms with Crippen LogP contribution in [0, 0.1) is 0 Å². The largest absolute Gasteiger partial charge is 0.0617 e. The molecule has 0 N–H and O–H groups in total. The minimum absolute atomic E-state index is 0.000269. The van der Waals surface area contributed by atoms with E-state index in [0.29, 0.717) is 0 Å². The molecule has 0 amide bonds. The Morgan fingerprint density at radius 2 is 0.564 bits per heavy atom. The highest BCUT2D eigenvalue weighted by molar-refractivity contribution is 5.65. The number of benzene rings is 2. The minimum Gasteiger partial charge on any atom is -0.0617 e. The van der Waals surface area contributed by atoms with Gasteiger partial charge in [-0.3, -0.25) is 0 Å². The molecule has 0 nitrogen and oxygen atoms in total. The van der Waals surface area contributed by atoms with Gasteiger partial charge in [0.1, 0.15) is 0 Å². The Kier molecular flexibility index (Phi) is 8.43. The molecule has 0 aliphatic heterocycles. The smallest absolute Gasteiger partial charge is 0.0152 e. The Labute approximate surface area is 244 Å².